The van der Waals surface area contributed by atoms with Gasteiger partial charge in [0.15, 0.2) is 5.13 Å². The fourth-order valence-electron chi connectivity index (χ4n) is 1.75. The van der Waals surface area contributed by atoms with Gasteiger partial charge in [0, 0.05) is 6.54 Å². The summed E-state index contributed by atoms with van der Waals surface area (Å²) in [5.41, 5.74) is 0.975. The minimum Gasteiger partial charge on any atom is -0.354 e. The van der Waals surface area contributed by atoms with E-state index >= 15 is 0 Å². The lowest BCUT2D eigenvalue weighted by Gasteiger charge is -2.04. The maximum atomic E-state index is 11.6. The van der Waals surface area contributed by atoms with Crippen LogP contribution in [0.25, 0.3) is 10.2 Å². The van der Waals surface area contributed by atoms with Gasteiger partial charge in [0.25, 0.3) is 0 Å². The molecule has 5 heteroatoms. The van der Waals surface area contributed by atoms with E-state index in [0.717, 1.165) is 27.8 Å². The Morgan fingerprint density at radius 2 is 2.22 bits per heavy atom. The fraction of sp³-hybridized carbons (Fsp3) is 0.385. The van der Waals surface area contributed by atoms with Gasteiger partial charge in [-0.25, -0.2) is 4.98 Å². The molecular weight excluding hydrogens is 246 g/mol. The summed E-state index contributed by atoms with van der Waals surface area (Å²) in [6, 6.07) is 7.97. The molecule has 0 radical (unpaired) electrons. The molecule has 0 aliphatic heterocycles. The number of anilines is 1. The van der Waals surface area contributed by atoms with Crippen molar-refractivity contribution in [3.8, 4) is 0 Å². The highest BCUT2D eigenvalue weighted by Crippen LogP contribution is 2.27. The third-order valence-corrected chi connectivity index (χ3v) is 3.97. The molecule has 1 aliphatic rings. The number of hydrogen-bond acceptors (Lipinski definition) is 4. The van der Waals surface area contributed by atoms with Crippen LogP contribution in [0, 0.1) is 5.92 Å². The Hall–Kier alpha value is -1.62. The first-order valence-corrected chi connectivity index (χ1v) is 6.99. The SMILES string of the molecule is O=C(CNc1nc2ccccc2s1)NCC1CC1. The van der Waals surface area contributed by atoms with E-state index in [1.807, 2.05) is 24.3 Å². The Bertz CT molecular complexity index is 529. The number of rotatable bonds is 5. The van der Waals surface area contributed by atoms with Crippen molar-refractivity contribution in [2.24, 2.45) is 5.92 Å². The molecule has 3 rings (SSSR count). The first-order valence-electron chi connectivity index (χ1n) is 6.17. The van der Waals surface area contributed by atoms with Gasteiger partial charge in [0.05, 0.1) is 16.8 Å². The molecule has 18 heavy (non-hydrogen) atoms. The molecule has 4 nitrogen and oxygen atoms in total. The minimum absolute atomic E-state index is 0.0427. The summed E-state index contributed by atoms with van der Waals surface area (Å²) in [7, 11) is 0. The monoisotopic (exact) mass is 261 g/mol. The van der Waals surface area contributed by atoms with E-state index < -0.39 is 0 Å². The number of aromatic nitrogens is 1. The first-order chi connectivity index (χ1) is 8.81. The Balaban J connectivity index is 1.53. The maximum absolute atomic E-state index is 11.6. The molecule has 0 saturated heterocycles. The summed E-state index contributed by atoms with van der Waals surface area (Å²) in [4.78, 5) is 16.0. The zero-order chi connectivity index (χ0) is 12.4. The molecule has 2 N–H and O–H groups in total. The number of benzene rings is 1. The van der Waals surface area contributed by atoms with Crippen molar-refractivity contribution in [2.45, 2.75) is 12.8 Å². The van der Waals surface area contributed by atoms with Crippen molar-refractivity contribution in [3.05, 3.63) is 24.3 Å². The molecule has 1 heterocycles. The van der Waals surface area contributed by atoms with Crippen LogP contribution in [-0.2, 0) is 4.79 Å². The summed E-state index contributed by atoms with van der Waals surface area (Å²) in [6.07, 6.45) is 2.51. The van der Waals surface area contributed by atoms with E-state index in [2.05, 4.69) is 15.6 Å². The second kappa shape index (κ2) is 4.94. The number of carbonyl (C=O) groups is 1. The van der Waals surface area contributed by atoms with Gasteiger partial charge in [-0.2, -0.15) is 0 Å². The number of para-hydroxylation sites is 1. The standard InChI is InChI=1S/C13H15N3OS/c17-12(14-7-9-5-6-9)8-15-13-16-10-3-1-2-4-11(10)18-13/h1-4,9H,5-8H2,(H,14,17)(H,15,16). The average molecular weight is 261 g/mol. The second-order valence-corrected chi connectivity index (χ2v) is 5.62. The Kier molecular flexibility index (Phi) is 3.15. The molecule has 0 bridgehead atoms. The van der Waals surface area contributed by atoms with Crippen LogP contribution in [0.5, 0.6) is 0 Å². The summed E-state index contributed by atoms with van der Waals surface area (Å²) in [5, 5.41) is 6.80. The summed E-state index contributed by atoms with van der Waals surface area (Å²) in [6.45, 7) is 1.12. The van der Waals surface area contributed by atoms with Crippen LogP contribution >= 0.6 is 11.3 Å². The molecule has 1 aromatic carbocycles. The van der Waals surface area contributed by atoms with Gasteiger partial charge >= 0.3 is 0 Å². The second-order valence-electron chi connectivity index (χ2n) is 4.59. The molecule has 0 spiro atoms. The van der Waals surface area contributed by atoms with E-state index in [1.54, 1.807) is 11.3 Å². The molecule has 1 aromatic heterocycles. The third-order valence-electron chi connectivity index (χ3n) is 2.98. The van der Waals surface area contributed by atoms with E-state index in [4.69, 9.17) is 0 Å². The zero-order valence-electron chi connectivity index (χ0n) is 9.98. The van der Waals surface area contributed by atoms with Crippen molar-refractivity contribution >= 4 is 32.6 Å². The van der Waals surface area contributed by atoms with Crippen LogP contribution in [0.3, 0.4) is 0 Å². The van der Waals surface area contributed by atoms with Crippen LogP contribution in [0.2, 0.25) is 0 Å². The van der Waals surface area contributed by atoms with Gasteiger partial charge in [-0.05, 0) is 30.9 Å². The Labute approximate surface area is 109 Å². The van der Waals surface area contributed by atoms with Gasteiger partial charge in [-0.3, -0.25) is 4.79 Å². The maximum Gasteiger partial charge on any atom is 0.239 e. The molecule has 1 amide bonds. The molecule has 1 aliphatic carbocycles. The summed E-state index contributed by atoms with van der Waals surface area (Å²) >= 11 is 1.57. The quantitative estimate of drug-likeness (QED) is 0.868. The van der Waals surface area contributed by atoms with Crippen molar-refractivity contribution < 1.29 is 4.79 Å². The lowest BCUT2D eigenvalue weighted by molar-refractivity contribution is -0.119. The van der Waals surface area contributed by atoms with Crippen LogP contribution in [-0.4, -0.2) is 24.0 Å². The lowest BCUT2D eigenvalue weighted by Crippen LogP contribution is -2.31. The van der Waals surface area contributed by atoms with E-state index in [9.17, 15) is 4.79 Å². The van der Waals surface area contributed by atoms with Crippen molar-refractivity contribution in [1.29, 1.82) is 0 Å². The molecule has 2 aromatic rings. The third kappa shape index (κ3) is 2.79. The predicted molar refractivity (Wildman–Crippen MR) is 73.8 cm³/mol. The van der Waals surface area contributed by atoms with Gasteiger partial charge in [-0.1, -0.05) is 23.5 Å². The van der Waals surface area contributed by atoms with Crippen LogP contribution < -0.4 is 10.6 Å². The molecule has 1 fully saturated rings. The number of carbonyl (C=O) groups excluding carboxylic acids is 1. The van der Waals surface area contributed by atoms with Gasteiger partial charge in [0.1, 0.15) is 0 Å². The topological polar surface area (TPSA) is 54.0 Å². The van der Waals surface area contributed by atoms with E-state index in [-0.39, 0.29) is 5.91 Å². The van der Waals surface area contributed by atoms with Gasteiger partial charge in [-0.15, -0.1) is 0 Å². The molecule has 0 atom stereocenters. The minimum atomic E-state index is 0.0427. The number of fused-ring (bicyclic) bond motifs is 1. The fourth-order valence-corrected chi connectivity index (χ4v) is 2.61. The first kappa shape index (κ1) is 11.5. The zero-order valence-corrected chi connectivity index (χ0v) is 10.8. The highest BCUT2D eigenvalue weighted by molar-refractivity contribution is 7.22. The number of nitrogens with zero attached hydrogens (tertiary/aromatic N) is 1. The van der Waals surface area contributed by atoms with E-state index in [1.165, 1.54) is 12.8 Å². The number of nitrogens with one attached hydrogen (secondary N) is 2. The van der Waals surface area contributed by atoms with Crippen LogP contribution in [0.4, 0.5) is 5.13 Å². The Morgan fingerprint density at radius 3 is 3.00 bits per heavy atom. The smallest absolute Gasteiger partial charge is 0.239 e. The van der Waals surface area contributed by atoms with Crippen molar-refractivity contribution in [2.75, 3.05) is 18.4 Å². The summed E-state index contributed by atoms with van der Waals surface area (Å²) < 4.78 is 1.14. The highest BCUT2D eigenvalue weighted by Gasteiger charge is 2.21. The largest absolute Gasteiger partial charge is 0.354 e. The van der Waals surface area contributed by atoms with Crippen LogP contribution in [0.1, 0.15) is 12.8 Å². The normalized spacial score (nSPS) is 14.7. The number of hydrogen-bond donors (Lipinski definition) is 2. The molecule has 0 unspecified atom stereocenters. The lowest BCUT2D eigenvalue weighted by atomic mass is 10.3. The van der Waals surface area contributed by atoms with Gasteiger partial charge in [0.2, 0.25) is 5.91 Å². The number of amides is 1. The van der Waals surface area contributed by atoms with Gasteiger partial charge < -0.3 is 10.6 Å². The molecular formula is C13H15N3OS. The van der Waals surface area contributed by atoms with E-state index in [0.29, 0.717) is 6.54 Å². The predicted octanol–water partition coefficient (Wildman–Crippen LogP) is 2.23. The number of thiazole rings is 1. The van der Waals surface area contributed by atoms with Crippen LogP contribution in [0.15, 0.2) is 24.3 Å². The molecule has 1 saturated carbocycles. The van der Waals surface area contributed by atoms with Crippen molar-refractivity contribution in [3.63, 3.8) is 0 Å². The highest BCUT2D eigenvalue weighted by atomic mass is 32.1. The summed E-state index contributed by atoms with van der Waals surface area (Å²) in [5.74, 6) is 0.762. The van der Waals surface area contributed by atoms with Crippen molar-refractivity contribution in [1.82, 2.24) is 10.3 Å². The average Bonchev–Trinajstić information content (AvgIpc) is 3.11. The molecule has 94 valence electrons. The Morgan fingerprint density at radius 1 is 1.39 bits per heavy atom.